The van der Waals surface area contributed by atoms with Gasteiger partial charge in [0, 0.05) is 61.1 Å². The fourth-order valence-corrected chi connectivity index (χ4v) is 22.9. The van der Waals surface area contributed by atoms with E-state index in [1.54, 1.807) is 0 Å². The molecule has 0 radical (unpaired) electrons. The van der Waals surface area contributed by atoms with Crippen molar-refractivity contribution in [2.75, 3.05) is 9.80 Å². The van der Waals surface area contributed by atoms with Gasteiger partial charge in [-0.15, -0.1) is 0 Å². The third-order valence-electron chi connectivity index (χ3n) is 28.6. The molecule has 2 spiro atoms. The third kappa shape index (κ3) is 11.6. The Morgan fingerprint density at radius 3 is 0.769 bits per heavy atom. The molecule has 4 heteroatoms. The molecule has 0 N–H and O–H groups in total. The maximum atomic E-state index is 6.21. The van der Waals surface area contributed by atoms with Crippen molar-refractivity contribution in [2.45, 2.75) is 35.5 Å². The number of rotatable bonds is 12. The van der Waals surface area contributed by atoms with Crippen molar-refractivity contribution in [1.29, 1.82) is 0 Å². The topological polar surface area (TPSA) is 32.8 Å². The molecule has 4 aliphatic rings. The molecule has 0 aliphatic heterocycles. The van der Waals surface area contributed by atoms with Crippen LogP contribution in [0.2, 0.25) is 0 Å². The summed E-state index contributed by atoms with van der Waals surface area (Å²) in [6.45, 7) is 4.77. The Morgan fingerprint density at radius 2 is 0.408 bits per heavy atom. The molecule has 0 atom stereocenters. The lowest BCUT2D eigenvalue weighted by Crippen LogP contribution is -2.44. The lowest BCUT2D eigenvalue weighted by Gasteiger charge is -2.50. The van der Waals surface area contributed by atoms with Crippen molar-refractivity contribution < 1.29 is 8.83 Å². The molecular formula is C126H86N2O2. The fraction of sp³-hybridized carbons (Fsp3) is 0.0476. The monoisotopic (exact) mass is 1660 g/mol. The van der Waals surface area contributed by atoms with Crippen LogP contribution in [0.3, 0.4) is 0 Å². The van der Waals surface area contributed by atoms with Gasteiger partial charge in [0.05, 0.1) is 16.2 Å². The van der Waals surface area contributed by atoms with E-state index >= 15 is 0 Å². The van der Waals surface area contributed by atoms with Crippen molar-refractivity contribution in [1.82, 2.24) is 0 Å². The Labute approximate surface area is 756 Å². The zero-order valence-corrected chi connectivity index (χ0v) is 71.9. The van der Waals surface area contributed by atoms with Gasteiger partial charge < -0.3 is 18.6 Å². The molecule has 4 aliphatic carbocycles. The molecule has 0 amide bonds. The van der Waals surface area contributed by atoms with Gasteiger partial charge in [0.15, 0.2) is 0 Å². The van der Waals surface area contributed by atoms with Gasteiger partial charge in [-0.2, -0.15) is 0 Å². The number of nitrogens with zero attached hydrogens (tertiary/aromatic N) is 2. The molecule has 26 rings (SSSR count). The SMILES string of the molecule is CC1(C)c2ccccc2C2(c3ccccc3-c3ccc(N(c4ccc(-c5ccccc5)cc4)c4ccc(-c5ccc6oc7ccccc7c6c5)cc4)cc32)c2ccccc21.c1ccc(-c2ccc(N(c3ccc(-c4ccc5oc6ccccc6c5c4)cc3)c3ccc4c(c3)C3(c5ccccc5-4)c4ccccc4C(c4ccccc4)(c4ccccc4)c4ccccc43)cc2)cc1. The standard InChI is InChI=1S/C68H45NO.C58H41NO/c1-4-18-46(19-5-1)47-32-37-52(38-33-47)69(53-39-34-48(35-40-53)49-36-43-66-58(44-49)57-25-11-17-31-65(57)70-66)54-41-42-56-55-24-10-12-26-59(55)68(64(56)45-54)62-29-15-13-27-60(62)67(50-20-6-2-7-21-50,51-22-8-3-9-23-51)61-28-14-16-30-63(61)68;1-57(2)50-19-9-11-21-52(50)58(53-22-12-10-20-51(53)57)49-18-8-6-16-45(49)46-34-33-44(37-54(46)58)59(42-29-24-39(25-30-42)38-14-4-3-5-15-38)43-31-26-40(27-32-43)41-28-35-56-48(36-41)47-17-7-13-23-55(47)60-56/h1-45H;3-37H,1-2H3. The zero-order valence-electron chi connectivity index (χ0n) is 71.9. The highest BCUT2D eigenvalue weighted by Crippen LogP contribution is 2.67. The van der Waals surface area contributed by atoms with Crippen molar-refractivity contribution in [3.05, 3.63) is 563 Å². The minimum atomic E-state index is -0.620. The van der Waals surface area contributed by atoms with E-state index in [0.29, 0.717) is 0 Å². The zero-order chi connectivity index (χ0) is 86.2. The summed E-state index contributed by atoms with van der Waals surface area (Å²) in [5.41, 5.74) is 41.3. The van der Waals surface area contributed by atoms with Crippen LogP contribution in [0.1, 0.15) is 91.7 Å². The van der Waals surface area contributed by atoms with E-state index in [0.717, 1.165) is 100 Å². The number of para-hydroxylation sites is 2. The first-order chi connectivity index (χ1) is 64.2. The minimum Gasteiger partial charge on any atom is -0.456 e. The summed E-state index contributed by atoms with van der Waals surface area (Å²) in [5, 5.41) is 4.53. The summed E-state index contributed by atoms with van der Waals surface area (Å²) in [5.74, 6) is 0. The van der Waals surface area contributed by atoms with Gasteiger partial charge in [-0.3, -0.25) is 0 Å². The highest BCUT2D eigenvalue weighted by atomic mass is 16.3. The van der Waals surface area contributed by atoms with Crippen LogP contribution in [0, 0.1) is 0 Å². The summed E-state index contributed by atoms with van der Waals surface area (Å²) in [6.07, 6.45) is 0. The molecule has 0 saturated carbocycles. The first-order valence-electron chi connectivity index (χ1n) is 45.2. The molecular weight excluding hydrogens is 1570 g/mol. The number of furan rings is 2. The predicted octanol–water partition coefficient (Wildman–Crippen LogP) is 32.8. The van der Waals surface area contributed by atoms with E-state index < -0.39 is 16.2 Å². The summed E-state index contributed by atoms with van der Waals surface area (Å²) in [7, 11) is 0. The van der Waals surface area contributed by atoms with Crippen LogP contribution in [0.15, 0.2) is 494 Å². The second-order valence-electron chi connectivity index (χ2n) is 35.5. The lowest BCUT2D eigenvalue weighted by molar-refractivity contribution is 0.563. The molecule has 22 aromatic rings. The van der Waals surface area contributed by atoms with Crippen molar-refractivity contribution in [2.24, 2.45) is 0 Å². The molecule has 0 bridgehead atoms. The van der Waals surface area contributed by atoms with Gasteiger partial charge in [-0.1, -0.05) is 390 Å². The molecule has 2 heterocycles. The summed E-state index contributed by atoms with van der Waals surface area (Å²) in [6, 6.07) is 179. The van der Waals surface area contributed by atoms with Crippen molar-refractivity contribution in [3.8, 4) is 66.8 Å². The Bertz CT molecular complexity index is 8030. The van der Waals surface area contributed by atoms with Crippen molar-refractivity contribution >= 4 is 78.0 Å². The van der Waals surface area contributed by atoms with Crippen LogP contribution < -0.4 is 9.80 Å². The molecule has 0 saturated heterocycles. The van der Waals surface area contributed by atoms with E-state index in [1.165, 1.54) is 122 Å². The average molecular weight is 1660 g/mol. The van der Waals surface area contributed by atoms with Gasteiger partial charge in [-0.25, -0.2) is 0 Å². The maximum Gasteiger partial charge on any atom is 0.135 e. The van der Waals surface area contributed by atoms with Gasteiger partial charge in [0.2, 0.25) is 0 Å². The Morgan fingerprint density at radius 1 is 0.162 bits per heavy atom. The normalized spacial score (nSPS) is 13.9. The Hall–Kier alpha value is -16.4. The van der Waals surface area contributed by atoms with Crippen LogP contribution in [0.5, 0.6) is 0 Å². The van der Waals surface area contributed by atoms with Crippen LogP contribution in [0.25, 0.3) is 111 Å². The molecule has 2 aromatic heterocycles. The van der Waals surface area contributed by atoms with Gasteiger partial charge in [0.1, 0.15) is 22.3 Å². The highest BCUT2D eigenvalue weighted by molar-refractivity contribution is 6.08. The van der Waals surface area contributed by atoms with Gasteiger partial charge in [-0.05, 0) is 254 Å². The summed E-state index contributed by atoms with van der Waals surface area (Å²) < 4.78 is 12.4. The molecule has 0 fully saturated rings. The molecule has 130 heavy (non-hydrogen) atoms. The Balaban J connectivity index is 0.000000142. The van der Waals surface area contributed by atoms with Crippen LogP contribution >= 0.6 is 0 Å². The van der Waals surface area contributed by atoms with E-state index in [2.05, 4.69) is 485 Å². The van der Waals surface area contributed by atoms with Gasteiger partial charge >= 0.3 is 0 Å². The largest absolute Gasteiger partial charge is 0.456 e. The second kappa shape index (κ2) is 30.2. The molecule has 0 unspecified atom stereocenters. The van der Waals surface area contributed by atoms with Gasteiger partial charge in [0.25, 0.3) is 0 Å². The maximum absolute atomic E-state index is 6.21. The van der Waals surface area contributed by atoms with E-state index in [1.807, 2.05) is 24.3 Å². The summed E-state index contributed by atoms with van der Waals surface area (Å²) in [4.78, 5) is 4.86. The third-order valence-corrected chi connectivity index (χ3v) is 28.6. The van der Waals surface area contributed by atoms with Crippen LogP contribution in [-0.2, 0) is 21.7 Å². The number of fused-ring (bicyclic) bond motifs is 24. The first-order valence-corrected chi connectivity index (χ1v) is 45.2. The number of hydrogen-bond donors (Lipinski definition) is 0. The number of anilines is 6. The minimum absolute atomic E-state index is 0.155. The smallest absolute Gasteiger partial charge is 0.135 e. The highest BCUT2D eigenvalue weighted by Gasteiger charge is 2.58. The summed E-state index contributed by atoms with van der Waals surface area (Å²) >= 11 is 0. The number of hydrogen-bond acceptors (Lipinski definition) is 4. The fourth-order valence-electron chi connectivity index (χ4n) is 22.9. The average Bonchev–Trinajstić information content (AvgIpc) is 1.46. The second-order valence-corrected chi connectivity index (χ2v) is 35.5. The van der Waals surface area contributed by atoms with Crippen molar-refractivity contribution in [3.63, 3.8) is 0 Å². The van der Waals surface area contributed by atoms with E-state index in [-0.39, 0.29) is 5.41 Å². The molecule has 4 nitrogen and oxygen atoms in total. The molecule has 612 valence electrons. The predicted molar refractivity (Wildman–Crippen MR) is 537 cm³/mol. The van der Waals surface area contributed by atoms with Crippen LogP contribution in [-0.4, -0.2) is 0 Å². The number of benzene rings is 20. The van der Waals surface area contributed by atoms with E-state index in [9.17, 15) is 0 Å². The quantitative estimate of drug-likeness (QED) is 0.122. The lowest BCUT2D eigenvalue weighted by atomic mass is 9.51. The van der Waals surface area contributed by atoms with E-state index in [4.69, 9.17) is 8.83 Å². The van der Waals surface area contributed by atoms with Crippen LogP contribution in [0.4, 0.5) is 34.1 Å². The molecule has 20 aromatic carbocycles. The first kappa shape index (κ1) is 76.1. The Kier molecular flexibility index (Phi) is 17.7.